The quantitative estimate of drug-likeness (QED) is 0.776. The lowest BCUT2D eigenvalue weighted by atomic mass is 9.62. The Balaban J connectivity index is 1.95. The third kappa shape index (κ3) is 2.39. The Hall–Kier alpha value is -0.670. The average molecular weight is 351 g/mol. The molecule has 2 aliphatic rings. The van der Waals surface area contributed by atoms with Crippen molar-refractivity contribution >= 4 is 21.7 Å². The lowest BCUT2D eigenvalue weighted by Gasteiger charge is -2.44. The number of halogens is 1. The molecule has 2 aliphatic carbocycles. The van der Waals surface area contributed by atoms with Crippen molar-refractivity contribution in [3.05, 3.63) is 33.8 Å². The van der Waals surface area contributed by atoms with Crippen LogP contribution in [0, 0.1) is 17.3 Å². The van der Waals surface area contributed by atoms with E-state index >= 15 is 0 Å². The SMILES string of the molecule is CC[C@@H]1C[C@@]2(Cc3ccc(Br)cc3C2=O)C[C@H](C)[C@H]1OC. The van der Waals surface area contributed by atoms with E-state index in [1.165, 1.54) is 5.56 Å². The van der Waals surface area contributed by atoms with Crippen LogP contribution < -0.4 is 0 Å². The second-order valence-corrected chi connectivity index (χ2v) is 7.76. The molecule has 1 fully saturated rings. The van der Waals surface area contributed by atoms with E-state index in [-0.39, 0.29) is 5.41 Å². The minimum Gasteiger partial charge on any atom is -0.381 e. The van der Waals surface area contributed by atoms with Crippen molar-refractivity contribution in [1.29, 1.82) is 0 Å². The van der Waals surface area contributed by atoms with Crippen molar-refractivity contribution in [3.63, 3.8) is 0 Å². The Kier molecular flexibility index (Phi) is 4.00. The van der Waals surface area contributed by atoms with Crippen LogP contribution in [0.1, 0.15) is 49.0 Å². The number of fused-ring (bicyclic) bond motifs is 1. The summed E-state index contributed by atoms with van der Waals surface area (Å²) >= 11 is 3.49. The van der Waals surface area contributed by atoms with Gasteiger partial charge in [-0.15, -0.1) is 0 Å². The van der Waals surface area contributed by atoms with Crippen molar-refractivity contribution in [3.8, 4) is 0 Å². The van der Waals surface area contributed by atoms with Crippen LogP contribution in [0.15, 0.2) is 22.7 Å². The molecular formula is C18H23BrO2. The Labute approximate surface area is 135 Å². The first kappa shape index (κ1) is 15.2. The van der Waals surface area contributed by atoms with E-state index in [2.05, 4.69) is 35.8 Å². The number of benzene rings is 1. The highest BCUT2D eigenvalue weighted by Gasteiger charge is 2.52. The van der Waals surface area contributed by atoms with Gasteiger partial charge in [0, 0.05) is 22.6 Å². The number of methoxy groups -OCH3 is 1. The molecule has 1 saturated carbocycles. The maximum absolute atomic E-state index is 13.1. The van der Waals surface area contributed by atoms with Gasteiger partial charge in [-0.1, -0.05) is 42.3 Å². The highest BCUT2D eigenvalue weighted by Crippen LogP contribution is 2.52. The molecule has 1 spiro atoms. The monoisotopic (exact) mass is 350 g/mol. The van der Waals surface area contributed by atoms with Crippen molar-refractivity contribution in [2.24, 2.45) is 17.3 Å². The Bertz CT molecular complexity index is 568. The molecule has 21 heavy (non-hydrogen) atoms. The molecule has 3 rings (SSSR count). The minimum absolute atomic E-state index is 0.182. The molecular weight excluding hydrogens is 328 g/mol. The molecule has 0 saturated heterocycles. The lowest BCUT2D eigenvalue weighted by molar-refractivity contribution is -0.0497. The standard InChI is InChI=1S/C18H23BrO2/c1-4-12-9-18(8-11(2)16(12)21-3)10-13-5-6-14(19)7-15(13)17(18)20/h5-7,11-12,16H,4,8-10H2,1-3H3/t11-,12+,16+,18+/m0/s1. The van der Waals surface area contributed by atoms with Gasteiger partial charge in [0.15, 0.2) is 5.78 Å². The number of carbonyl (C=O) groups is 1. The molecule has 0 radical (unpaired) electrons. The summed E-state index contributed by atoms with van der Waals surface area (Å²) in [5.41, 5.74) is 1.97. The number of rotatable bonds is 2. The number of hydrogen-bond donors (Lipinski definition) is 0. The zero-order chi connectivity index (χ0) is 15.2. The average Bonchev–Trinajstić information content (AvgIpc) is 2.71. The number of hydrogen-bond acceptors (Lipinski definition) is 2. The third-order valence-electron chi connectivity index (χ3n) is 5.51. The predicted octanol–water partition coefficient (Wildman–Crippen LogP) is 4.65. The summed E-state index contributed by atoms with van der Waals surface area (Å²) in [6, 6.07) is 6.16. The predicted molar refractivity (Wildman–Crippen MR) is 87.6 cm³/mol. The van der Waals surface area contributed by atoms with E-state index in [0.717, 1.165) is 35.7 Å². The van der Waals surface area contributed by atoms with Crippen LogP contribution in [0.25, 0.3) is 0 Å². The fraction of sp³-hybridized carbons (Fsp3) is 0.611. The summed E-state index contributed by atoms with van der Waals surface area (Å²) in [6.45, 7) is 4.45. The highest BCUT2D eigenvalue weighted by molar-refractivity contribution is 9.10. The van der Waals surface area contributed by atoms with Crippen molar-refractivity contribution in [2.45, 2.75) is 45.6 Å². The van der Waals surface area contributed by atoms with E-state index in [0.29, 0.717) is 23.7 Å². The summed E-state index contributed by atoms with van der Waals surface area (Å²) in [4.78, 5) is 13.1. The molecule has 0 heterocycles. The second kappa shape index (κ2) is 5.51. The Morgan fingerprint density at radius 2 is 2.14 bits per heavy atom. The van der Waals surface area contributed by atoms with Crippen LogP contribution in [0.3, 0.4) is 0 Å². The van der Waals surface area contributed by atoms with Crippen LogP contribution in [0.5, 0.6) is 0 Å². The van der Waals surface area contributed by atoms with Crippen molar-refractivity contribution in [1.82, 2.24) is 0 Å². The van der Waals surface area contributed by atoms with Crippen LogP contribution in [0.2, 0.25) is 0 Å². The molecule has 0 aliphatic heterocycles. The third-order valence-corrected chi connectivity index (χ3v) is 6.01. The fourth-order valence-electron chi connectivity index (χ4n) is 4.67. The van der Waals surface area contributed by atoms with E-state index in [1.54, 1.807) is 0 Å². The zero-order valence-electron chi connectivity index (χ0n) is 13.0. The summed E-state index contributed by atoms with van der Waals surface area (Å²) < 4.78 is 6.72. The van der Waals surface area contributed by atoms with Crippen molar-refractivity contribution < 1.29 is 9.53 Å². The van der Waals surface area contributed by atoms with E-state index in [9.17, 15) is 4.79 Å². The first-order valence-electron chi connectivity index (χ1n) is 7.87. The van der Waals surface area contributed by atoms with Gasteiger partial charge in [0.1, 0.15) is 0 Å². The molecule has 4 atom stereocenters. The lowest BCUT2D eigenvalue weighted by Crippen LogP contribution is -2.45. The van der Waals surface area contributed by atoms with Gasteiger partial charge in [-0.25, -0.2) is 0 Å². The zero-order valence-corrected chi connectivity index (χ0v) is 14.6. The van der Waals surface area contributed by atoms with Crippen LogP contribution in [-0.4, -0.2) is 19.0 Å². The van der Waals surface area contributed by atoms with Gasteiger partial charge < -0.3 is 4.74 Å². The van der Waals surface area contributed by atoms with Gasteiger partial charge in [0.2, 0.25) is 0 Å². The largest absolute Gasteiger partial charge is 0.381 e. The van der Waals surface area contributed by atoms with Crippen LogP contribution >= 0.6 is 15.9 Å². The van der Waals surface area contributed by atoms with Gasteiger partial charge >= 0.3 is 0 Å². The Morgan fingerprint density at radius 3 is 2.81 bits per heavy atom. The first-order valence-corrected chi connectivity index (χ1v) is 8.66. The molecule has 3 heteroatoms. The maximum Gasteiger partial charge on any atom is 0.169 e. The molecule has 1 aromatic rings. The van der Waals surface area contributed by atoms with Gasteiger partial charge in [0.05, 0.1) is 6.10 Å². The van der Waals surface area contributed by atoms with Gasteiger partial charge in [-0.2, -0.15) is 0 Å². The van der Waals surface area contributed by atoms with E-state index in [1.807, 2.05) is 19.2 Å². The van der Waals surface area contributed by atoms with Crippen LogP contribution in [-0.2, 0) is 11.2 Å². The molecule has 0 bridgehead atoms. The molecule has 114 valence electrons. The van der Waals surface area contributed by atoms with Gasteiger partial charge in [-0.3, -0.25) is 4.79 Å². The van der Waals surface area contributed by atoms with Crippen LogP contribution in [0.4, 0.5) is 0 Å². The number of carbonyl (C=O) groups excluding carboxylic acids is 1. The molecule has 0 N–H and O–H groups in total. The highest BCUT2D eigenvalue weighted by atomic mass is 79.9. The summed E-state index contributed by atoms with van der Waals surface area (Å²) in [5, 5.41) is 0. The summed E-state index contributed by atoms with van der Waals surface area (Å²) in [7, 11) is 1.81. The number of Topliss-reactive ketones (excluding diaryl/α,β-unsaturated/α-hetero) is 1. The fourth-order valence-corrected chi connectivity index (χ4v) is 5.04. The first-order chi connectivity index (χ1) is 10.0. The maximum atomic E-state index is 13.1. The Morgan fingerprint density at radius 1 is 1.38 bits per heavy atom. The number of ether oxygens (including phenoxy) is 1. The smallest absolute Gasteiger partial charge is 0.169 e. The number of ketones is 1. The molecule has 2 nitrogen and oxygen atoms in total. The van der Waals surface area contributed by atoms with Gasteiger partial charge in [-0.05, 0) is 48.8 Å². The topological polar surface area (TPSA) is 26.3 Å². The normalized spacial score (nSPS) is 35.2. The van der Waals surface area contributed by atoms with Gasteiger partial charge in [0.25, 0.3) is 0 Å². The molecule has 0 amide bonds. The van der Waals surface area contributed by atoms with E-state index in [4.69, 9.17) is 4.74 Å². The van der Waals surface area contributed by atoms with E-state index < -0.39 is 0 Å². The van der Waals surface area contributed by atoms with Crippen molar-refractivity contribution in [2.75, 3.05) is 7.11 Å². The summed E-state index contributed by atoms with van der Waals surface area (Å²) in [5.74, 6) is 1.29. The summed E-state index contributed by atoms with van der Waals surface area (Å²) in [6.07, 6.45) is 4.21. The minimum atomic E-state index is -0.182. The molecule has 0 aromatic heterocycles. The molecule has 0 unspecified atom stereocenters. The second-order valence-electron chi connectivity index (χ2n) is 6.84. The molecule has 1 aromatic carbocycles.